The van der Waals surface area contributed by atoms with Crippen LogP contribution in [0.1, 0.15) is 24.9 Å². The van der Waals surface area contributed by atoms with E-state index in [9.17, 15) is 13.9 Å². The first-order valence-corrected chi connectivity index (χ1v) is 5.45. The summed E-state index contributed by atoms with van der Waals surface area (Å²) in [5, 5.41) is 9.40. The van der Waals surface area contributed by atoms with Crippen LogP contribution in [-0.2, 0) is 0 Å². The second-order valence-electron chi connectivity index (χ2n) is 4.25. The third kappa shape index (κ3) is 2.08. The molecule has 0 spiro atoms. The molecular weight excluding hydrogens is 212 g/mol. The van der Waals surface area contributed by atoms with Crippen molar-refractivity contribution in [2.75, 3.05) is 13.1 Å². The molecule has 1 fully saturated rings. The number of benzene rings is 1. The molecule has 0 radical (unpaired) electrons. The van der Waals surface area contributed by atoms with Crippen molar-refractivity contribution in [3.05, 3.63) is 35.4 Å². The van der Waals surface area contributed by atoms with E-state index in [0.717, 1.165) is 0 Å². The van der Waals surface area contributed by atoms with Crippen LogP contribution in [0.2, 0.25) is 0 Å². The number of nitrogens with zero attached hydrogens (tertiary/aromatic N) is 1. The zero-order chi connectivity index (χ0) is 11.7. The van der Waals surface area contributed by atoms with Gasteiger partial charge in [0, 0.05) is 24.7 Å². The highest BCUT2D eigenvalue weighted by molar-refractivity contribution is 5.23. The van der Waals surface area contributed by atoms with Gasteiger partial charge in [-0.2, -0.15) is 0 Å². The molecule has 1 aliphatic heterocycles. The second-order valence-corrected chi connectivity index (χ2v) is 4.25. The third-order valence-electron chi connectivity index (χ3n) is 3.16. The molecule has 1 unspecified atom stereocenters. The van der Waals surface area contributed by atoms with Gasteiger partial charge in [0.25, 0.3) is 0 Å². The molecule has 2 nitrogen and oxygen atoms in total. The maximum atomic E-state index is 13.5. The lowest BCUT2D eigenvalue weighted by Gasteiger charge is -2.24. The molecule has 4 heteroatoms. The Morgan fingerprint density at radius 2 is 2.00 bits per heavy atom. The fourth-order valence-electron chi connectivity index (χ4n) is 2.21. The Morgan fingerprint density at radius 1 is 1.38 bits per heavy atom. The summed E-state index contributed by atoms with van der Waals surface area (Å²) in [6.45, 7) is 2.92. The van der Waals surface area contributed by atoms with Crippen LogP contribution in [0, 0.1) is 11.6 Å². The molecule has 2 rings (SSSR count). The number of halogens is 2. The van der Waals surface area contributed by atoms with Gasteiger partial charge >= 0.3 is 0 Å². The minimum Gasteiger partial charge on any atom is -0.392 e. The van der Waals surface area contributed by atoms with Crippen LogP contribution in [0.5, 0.6) is 0 Å². The number of aliphatic hydroxyl groups excluding tert-OH is 1. The Hall–Kier alpha value is -1.00. The van der Waals surface area contributed by atoms with Gasteiger partial charge in [0.15, 0.2) is 0 Å². The monoisotopic (exact) mass is 227 g/mol. The molecule has 16 heavy (non-hydrogen) atoms. The van der Waals surface area contributed by atoms with E-state index >= 15 is 0 Å². The Kier molecular flexibility index (Phi) is 3.21. The zero-order valence-corrected chi connectivity index (χ0v) is 9.16. The minimum absolute atomic E-state index is 0.0941. The van der Waals surface area contributed by atoms with Crippen molar-refractivity contribution in [2.45, 2.75) is 25.5 Å². The molecule has 0 bridgehead atoms. The Bertz CT molecular complexity index is 363. The highest BCUT2D eigenvalue weighted by Crippen LogP contribution is 2.28. The Labute approximate surface area is 93.5 Å². The average Bonchev–Trinajstić information content (AvgIpc) is 2.64. The molecule has 0 amide bonds. The van der Waals surface area contributed by atoms with Crippen molar-refractivity contribution in [2.24, 2.45) is 0 Å². The summed E-state index contributed by atoms with van der Waals surface area (Å²) in [4.78, 5) is 1.90. The number of hydrogen-bond donors (Lipinski definition) is 1. The minimum atomic E-state index is -0.520. The second kappa shape index (κ2) is 4.47. The van der Waals surface area contributed by atoms with Crippen molar-refractivity contribution < 1.29 is 13.9 Å². The van der Waals surface area contributed by atoms with Crippen molar-refractivity contribution >= 4 is 0 Å². The largest absolute Gasteiger partial charge is 0.392 e. The fourth-order valence-corrected chi connectivity index (χ4v) is 2.21. The van der Waals surface area contributed by atoms with Crippen LogP contribution in [0.4, 0.5) is 8.78 Å². The predicted octanol–water partition coefficient (Wildman–Crippen LogP) is 2.09. The maximum Gasteiger partial charge on any atom is 0.130 e. The van der Waals surface area contributed by atoms with Gasteiger partial charge in [-0.1, -0.05) is 6.07 Å². The van der Waals surface area contributed by atoms with E-state index < -0.39 is 11.6 Å². The zero-order valence-electron chi connectivity index (χ0n) is 9.16. The normalized spacial score (nSPS) is 23.6. The van der Waals surface area contributed by atoms with Crippen LogP contribution in [0.3, 0.4) is 0 Å². The quantitative estimate of drug-likeness (QED) is 0.836. The lowest BCUT2D eigenvalue weighted by Crippen LogP contribution is -2.27. The number of aliphatic hydroxyl groups is 1. The first kappa shape index (κ1) is 11.5. The molecule has 88 valence electrons. The fraction of sp³-hybridized carbons (Fsp3) is 0.500. The SMILES string of the molecule is CC(c1c(F)cccc1F)N1CC[C@H](O)C1. The van der Waals surface area contributed by atoms with E-state index in [-0.39, 0.29) is 17.7 Å². The third-order valence-corrected chi connectivity index (χ3v) is 3.16. The van der Waals surface area contributed by atoms with Gasteiger partial charge in [-0.15, -0.1) is 0 Å². The molecule has 0 aromatic heterocycles. The number of hydrogen-bond acceptors (Lipinski definition) is 2. The summed E-state index contributed by atoms with van der Waals surface area (Å²) in [6, 6.07) is 3.56. The van der Waals surface area contributed by atoms with E-state index in [4.69, 9.17) is 0 Å². The Balaban J connectivity index is 2.23. The van der Waals surface area contributed by atoms with Gasteiger partial charge in [-0.3, -0.25) is 4.90 Å². The first-order chi connectivity index (χ1) is 7.59. The summed E-state index contributed by atoms with van der Waals surface area (Å²) >= 11 is 0. The first-order valence-electron chi connectivity index (χ1n) is 5.45. The number of β-amino-alcohol motifs (C(OH)–C–C–N with tert-alkyl or cyclic N) is 1. The van der Waals surface area contributed by atoms with Gasteiger partial charge in [-0.05, 0) is 25.5 Å². The van der Waals surface area contributed by atoms with E-state index in [1.165, 1.54) is 18.2 Å². The average molecular weight is 227 g/mol. The van der Waals surface area contributed by atoms with Crippen LogP contribution in [-0.4, -0.2) is 29.2 Å². The smallest absolute Gasteiger partial charge is 0.130 e. The van der Waals surface area contributed by atoms with E-state index in [1.807, 2.05) is 4.90 Å². The van der Waals surface area contributed by atoms with E-state index in [2.05, 4.69) is 0 Å². The highest BCUT2D eigenvalue weighted by atomic mass is 19.1. The Morgan fingerprint density at radius 3 is 2.50 bits per heavy atom. The molecule has 0 aliphatic carbocycles. The predicted molar refractivity (Wildman–Crippen MR) is 57.0 cm³/mol. The van der Waals surface area contributed by atoms with Crippen molar-refractivity contribution in [3.8, 4) is 0 Å². The van der Waals surface area contributed by atoms with Crippen molar-refractivity contribution in [3.63, 3.8) is 0 Å². The number of rotatable bonds is 2. The van der Waals surface area contributed by atoms with Crippen molar-refractivity contribution in [1.29, 1.82) is 0 Å². The molecule has 1 heterocycles. The molecule has 1 aromatic carbocycles. The van der Waals surface area contributed by atoms with Gasteiger partial charge in [0.05, 0.1) is 6.10 Å². The van der Waals surface area contributed by atoms with E-state index in [0.29, 0.717) is 19.5 Å². The van der Waals surface area contributed by atoms with Gasteiger partial charge in [-0.25, -0.2) is 8.78 Å². The molecule has 1 N–H and O–H groups in total. The summed E-state index contributed by atoms with van der Waals surface area (Å²) in [7, 11) is 0. The van der Waals surface area contributed by atoms with Gasteiger partial charge in [0.1, 0.15) is 11.6 Å². The van der Waals surface area contributed by atoms with Crippen LogP contribution >= 0.6 is 0 Å². The lowest BCUT2D eigenvalue weighted by atomic mass is 10.1. The van der Waals surface area contributed by atoms with Crippen LogP contribution in [0.15, 0.2) is 18.2 Å². The molecule has 1 aliphatic rings. The van der Waals surface area contributed by atoms with E-state index in [1.54, 1.807) is 6.92 Å². The molecule has 1 aromatic rings. The summed E-state index contributed by atoms with van der Waals surface area (Å²) < 4.78 is 27.0. The molecule has 0 saturated carbocycles. The number of likely N-dealkylation sites (tertiary alicyclic amines) is 1. The molecular formula is C12H15F2NO. The molecule has 1 saturated heterocycles. The van der Waals surface area contributed by atoms with Gasteiger partial charge < -0.3 is 5.11 Å². The maximum absolute atomic E-state index is 13.5. The van der Waals surface area contributed by atoms with Crippen LogP contribution in [0.25, 0.3) is 0 Å². The summed E-state index contributed by atoms with van der Waals surface area (Å²) in [5.74, 6) is -1.04. The summed E-state index contributed by atoms with van der Waals surface area (Å²) in [6.07, 6.45) is 0.290. The van der Waals surface area contributed by atoms with Gasteiger partial charge in [0.2, 0.25) is 0 Å². The van der Waals surface area contributed by atoms with Crippen molar-refractivity contribution in [1.82, 2.24) is 4.90 Å². The topological polar surface area (TPSA) is 23.5 Å². The summed E-state index contributed by atoms with van der Waals surface area (Å²) in [5.41, 5.74) is 0.0941. The van der Waals surface area contributed by atoms with Crippen LogP contribution < -0.4 is 0 Å². The standard InChI is InChI=1S/C12H15F2NO/c1-8(15-6-5-9(16)7-15)12-10(13)3-2-4-11(12)14/h2-4,8-9,16H,5-7H2,1H3/t8?,9-/m0/s1. The molecule has 2 atom stereocenters. The lowest BCUT2D eigenvalue weighted by molar-refractivity contribution is 0.161. The highest BCUT2D eigenvalue weighted by Gasteiger charge is 2.28.